The molecule has 1 aliphatic heterocycles. The van der Waals surface area contributed by atoms with Crippen LogP contribution in [0.15, 0.2) is 64.5 Å². The summed E-state index contributed by atoms with van der Waals surface area (Å²) in [7, 11) is 0. The van der Waals surface area contributed by atoms with Crippen LogP contribution in [-0.2, 0) is 9.59 Å². The quantitative estimate of drug-likeness (QED) is 0.333. The van der Waals surface area contributed by atoms with Crippen LogP contribution in [0.1, 0.15) is 19.3 Å². The van der Waals surface area contributed by atoms with E-state index in [1.807, 2.05) is 47.4 Å². The molecular weight excluding hydrogens is 412 g/mol. The Morgan fingerprint density at radius 2 is 1.84 bits per heavy atom. The first-order valence-electron chi connectivity index (χ1n) is 10.4. The van der Waals surface area contributed by atoms with Gasteiger partial charge in [-0.2, -0.15) is 0 Å². The third-order valence-electron chi connectivity index (χ3n) is 5.19. The van der Waals surface area contributed by atoms with E-state index < -0.39 is 0 Å². The lowest BCUT2D eigenvalue weighted by molar-refractivity contribution is -0.127. The molecule has 0 radical (unpaired) electrons. The minimum Gasteiger partial charge on any atom is -0.355 e. The lowest BCUT2D eigenvalue weighted by Crippen LogP contribution is -2.31. The van der Waals surface area contributed by atoms with Crippen LogP contribution >= 0.6 is 11.8 Å². The van der Waals surface area contributed by atoms with E-state index in [2.05, 4.69) is 10.3 Å². The molecular formula is C23H24N4O3S. The number of benzene rings is 2. The highest BCUT2D eigenvalue weighted by Crippen LogP contribution is 2.21. The van der Waals surface area contributed by atoms with Crippen LogP contribution in [0, 0.1) is 0 Å². The van der Waals surface area contributed by atoms with Gasteiger partial charge in [-0.1, -0.05) is 42.1 Å². The number of hydrogen-bond acceptors (Lipinski definition) is 5. The van der Waals surface area contributed by atoms with Crippen molar-refractivity contribution < 1.29 is 9.59 Å². The van der Waals surface area contributed by atoms with Crippen LogP contribution < -0.4 is 10.9 Å². The van der Waals surface area contributed by atoms with Gasteiger partial charge in [-0.25, -0.2) is 4.98 Å². The molecule has 8 heteroatoms. The van der Waals surface area contributed by atoms with E-state index in [4.69, 9.17) is 0 Å². The Morgan fingerprint density at radius 1 is 1.06 bits per heavy atom. The zero-order valence-electron chi connectivity index (χ0n) is 17.1. The molecule has 0 spiro atoms. The van der Waals surface area contributed by atoms with Gasteiger partial charge in [0.2, 0.25) is 11.8 Å². The maximum atomic E-state index is 13.1. The maximum absolute atomic E-state index is 13.1. The van der Waals surface area contributed by atoms with Crippen LogP contribution in [0.25, 0.3) is 16.6 Å². The molecule has 1 aromatic heterocycles. The number of nitrogens with zero attached hydrogens (tertiary/aromatic N) is 3. The summed E-state index contributed by atoms with van der Waals surface area (Å²) in [6.45, 7) is 2.00. The molecule has 31 heavy (non-hydrogen) atoms. The summed E-state index contributed by atoms with van der Waals surface area (Å²) < 4.78 is 1.55. The minimum atomic E-state index is -0.157. The van der Waals surface area contributed by atoms with E-state index in [0.717, 1.165) is 19.4 Å². The van der Waals surface area contributed by atoms with E-state index in [1.54, 1.807) is 16.7 Å². The van der Waals surface area contributed by atoms with Crippen molar-refractivity contribution in [1.29, 1.82) is 0 Å². The second-order valence-electron chi connectivity index (χ2n) is 7.36. The average molecular weight is 437 g/mol. The number of likely N-dealkylation sites (tertiary alicyclic amines) is 1. The van der Waals surface area contributed by atoms with E-state index in [0.29, 0.717) is 41.3 Å². The second kappa shape index (κ2) is 9.78. The standard InChI is InChI=1S/C23H24N4O3S/c28-20(24-13-7-15-26-14-6-12-21(26)29)16-31-23-25-19-11-5-4-10-18(19)22(30)27(23)17-8-2-1-3-9-17/h1-5,8-11H,6-7,12-16H2,(H,24,28). The third kappa shape index (κ3) is 4.96. The predicted molar refractivity (Wildman–Crippen MR) is 122 cm³/mol. The van der Waals surface area contributed by atoms with E-state index in [1.165, 1.54) is 11.8 Å². The van der Waals surface area contributed by atoms with Gasteiger partial charge in [0, 0.05) is 26.1 Å². The molecule has 2 amide bonds. The van der Waals surface area contributed by atoms with Crippen LogP contribution in [0.3, 0.4) is 0 Å². The molecule has 160 valence electrons. The molecule has 4 rings (SSSR count). The molecule has 0 unspecified atom stereocenters. The van der Waals surface area contributed by atoms with Gasteiger partial charge in [-0.05, 0) is 37.1 Å². The highest BCUT2D eigenvalue weighted by atomic mass is 32.2. The van der Waals surface area contributed by atoms with Gasteiger partial charge >= 0.3 is 0 Å². The third-order valence-corrected chi connectivity index (χ3v) is 6.13. The largest absolute Gasteiger partial charge is 0.355 e. The monoisotopic (exact) mass is 436 g/mol. The van der Waals surface area contributed by atoms with Crippen LogP contribution in [0.4, 0.5) is 0 Å². The Labute approximate surface area is 184 Å². The zero-order chi connectivity index (χ0) is 21.6. The van der Waals surface area contributed by atoms with Crippen molar-refractivity contribution in [3.05, 3.63) is 65.0 Å². The number of nitrogens with one attached hydrogen (secondary N) is 1. The number of fused-ring (bicyclic) bond motifs is 1. The Balaban J connectivity index is 1.43. The van der Waals surface area contributed by atoms with Crippen molar-refractivity contribution in [2.24, 2.45) is 0 Å². The predicted octanol–water partition coefficient (Wildman–Crippen LogP) is 2.61. The molecule has 1 saturated heterocycles. The number of aromatic nitrogens is 2. The number of thioether (sulfide) groups is 1. The molecule has 1 N–H and O–H groups in total. The number of carbonyl (C=O) groups excluding carboxylic acids is 2. The van der Waals surface area contributed by atoms with Gasteiger partial charge in [0.15, 0.2) is 5.16 Å². The van der Waals surface area contributed by atoms with E-state index >= 15 is 0 Å². The van der Waals surface area contributed by atoms with Crippen molar-refractivity contribution in [1.82, 2.24) is 19.8 Å². The Hall–Kier alpha value is -3.13. The molecule has 0 bridgehead atoms. The Morgan fingerprint density at radius 3 is 2.61 bits per heavy atom. The number of carbonyl (C=O) groups is 2. The summed E-state index contributed by atoms with van der Waals surface area (Å²) in [5.74, 6) is 0.225. The molecule has 1 aliphatic rings. The molecule has 1 fully saturated rings. The molecule has 2 aromatic carbocycles. The maximum Gasteiger partial charge on any atom is 0.266 e. The highest BCUT2D eigenvalue weighted by molar-refractivity contribution is 7.99. The number of rotatable bonds is 8. The van der Waals surface area contributed by atoms with Gasteiger partial charge in [0.05, 0.1) is 22.3 Å². The minimum absolute atomic E-state index is 0.125. The van der Waals surface area contributed by atoms with E-state index in [9.17, 15) is 14.4 Å². The summed E-state index contributed by atoms with van der Waals surface area (Å²) in [5.41, 5.74) is 1.16. The average Bonchev–Trinajstić information content (AvgIpc) is 3.20. The fourth-order valence-electron chi connectivity index (χ4n) is 3.63. The molecule has 0 saturated carbocycles. The fraction of sp³-hybridized carbons (Fsp3) is 0.304. The smallest absolute Gasteiger partial charge is 0.266 e. The molecule has 3 aromatic rings. The van der Waals surface area contributed by atoms with Crippen molar-refractivity contribution in [3.8, 4) is 5.69 Å². The van der Waals surface area contributed by atoms with Gasteiger partial charge in [0.25, 0.3) is 5.56 Å². The molecule has 0 aliphatic carbocycles. The first kappa shape index (κ1) is 21.1. The van der Waals surface area contributed by atoms with Crippen LogP contribution in [0.2, 0.25) is 0 Å². The normalized spacial score (nSPS) is 13.7. The molecule has 0 atom stereocenters. The van der Waals surface area contributed by atoms with Crippen molar-refractivity contribution in [2.75, 3.05) is 25.4 Å². The SMILES string of the molecule is O=C(CSc1nc2ccccc2c(=O)n1-c1ccccc1)NCCCN1CCCC1=O. The summed E-state index contributed by atoms with van der Waals surface area (Å²) in [5, 5.41) is 3.91. The van der Waals surface area contributed by atoms with Crippen molar-refractivity contribution in [3.63, 3.8) is 0 Å². The lowest BCUT2D eigenvalue weighted by Gasteiger charge is -2.15. The lowest BCUT2D eigenvalue weighted by atomic mass is 10.2. The van der Waals surface area contributed by atoms with Crippen LogP contribution in [0.5, 0.6) is 0 Å². The number of amides is 2. The van der Waals surface area contributed by atoms with Crippen molar-refractivity contribution in [2.45, 2.75) is 24.4 Å². The summed E-state index contributed by atoms with van der Waals surface area (Å²) in [6.07, 6.45) is 2.28. The Bertz CT molecular complexity index is 1150. The van der Waals surface area contributed by atoms with Gasteiger partial charge in [-0.15, -0.1) is 0 Å². The fourth-order valence-corrected chi connectivity index (χ4v) is 4.48. The number of hydrogen-bond donors (Lipinski definition) is 1. The van der Waals surface area contributed by atoms with Gasteiger partial charge in [-0.3, -0.25) is 19.0 Å². The molecule has 2 heterocycles. The van der Waals surface area contributed by atoms with Crippen molar-refractivity contribution >= 4 is 34.5 Å². The molecule has 7 nitrogen and oxygen atoms in total. The summed E-state index contributed by atoms with van der Waals surface area (Å²) >= 11 is 1.24. The van der Waals surface area contributed by atoms with Gasteiger partial charge in [0.1, 0.15) is 0 Å². The van der Waals surface area contributed by atoms with Crippen LogP contribution in [-0.4, -0.2) is 51.7 Å². The summed E-state index contributed by atoms with van der Waals surface area (Å²) in [6, 6.07) is 16.5. The highest BCUT2D eigenvalue weighted by Gasteiger charge is 2.19. The first-order chi connectivity index (χ1) is 15.1. The topological polar surface area (TPSA) is 84.3 Å². The number of para-hydroxylation sites is 2. The van der Waals surface area contributed by atoms with E-state index in [-0.39, 0.29) is 23.1 Å². The first-order valence-corrected chi connectivity index (χ1v) is 11.4. The zero-order valence-corrected chi connectivity index (χ0v) is 17.9. The second-order valence-corrected chi connectivity index (χ2v) is 8.31. The summed E-state index contributed by atoms with van der Waals surface area (Å²) in [4.78, 5) is 43.6. The van der Waals surface area contributed by atoms with Gasteiger partial charge < -0.3 is 10.2 Å². The Kier molecular flexibility index (Phi) is 6.66.